The Kier molecular flexibility index (Phi) is 2.99. The van der Waals surface area contributed by atoms with Crippen molar-refractivity contribution in [2.24, 2.45) is 5.73 Å². The quantitative estimate of drug-likeness (QED) is 0.754. The highest BCUT2D eigenvalue weighted by atomic mass is 19.1. The number of nitrogens with zero attached hydrogens (tertiary/aromatic N) is 1. The van der Waals surface area contributed by atoms with Crippen molar-refractivity contribution in [1.82, 2.24) is 0 Å². The van der Waals surface area contributed by atoms with Crippen LogP contribution in [0.2, 0.25) is 0 Å². The highest BCUT2D eigenvalue weighted by Crippen LogP contribution is 2.16. The van der Waals surface area contributed by atoms with Crippen molar-refractivity contribution in [3.63, 3.8) is 0 Å². The second kappa shape index (κ2) is 4.01. The summed E-state index contributed by atoms with van der Waals surface area (Å²) in [4.78, 5) is 0. The highest BCUT2D eigenvalue weighted by molar-refractivity contribution is 5.35. The molecule has 0 heterocycles. The van der Waals surface area contributed by atoms with E-state index in [-0.39, 0.29) is 11.6 Å². The fourth-order valence-corrected chi connectivity index (χ4v) is 1.09. The van der Waals surface area contributed by atoms with Gasteiger partial charge in [-0.05, 0) is 24.1 Å². The summed E-state index contributed by atoms with van der Waals surface area (Å²) in [6, 6.07) is 6.07. The molecule has 0 unspecified atom stereocenters. The smallest absolute Gasteiger partial charge is 0.140 e. The molecule has 0 saturated heterocycles. The Hall–Kier alpha value is -1.40. The van der Waals surface area contributed by atoms with Gasteiger partial charge in [0.05, 0.1) is 5.56 Å². The molecule has 0 aromatic heterocycles. The monoisotopic (exact) mass is 178 g/mol. The number of nitrogens with two attached hydrogens (primary N) is 1. The van der Waals surface area contributed by atoms with Crippen molar-refractivity contribution in [2.75, 3.05) is 0 Å². The van der Waals surface area contributed by atoms with E-state index in [1.807, 2.05) is 6.92 Å². The van der Waals surface area contributed by atoms with Crippen molar-refractivity contribution in [1.29, 1.82) is 5.26 Å². The zero-order chi connectivity index (χ0) is 9.84. The second-order valence-electron chi connectivity index (χ2n) is 2.87. The molecule has 13 heavy (non-hydrogen) atoms. The summed E-state index contributed by atoms with van der Waals surface area (Å²) in [5, 5.41) is 8.57. The first-order valence-electron chi connectivity index (χ1n) is 4.14. The van der Waals surface area contributed by atoms with Crippen LogP contribution in [0, 0.1) is 17.1 Å². The van der Waals surface area contributed by atoms with Crippen molar-refractivity contribution in [2.45, 2.75) is 19.4 Å². The Morgan fingerprint density at radius 2 is 2.31 bits per heavy atom. The Balaban J connectivity index is 3.08. The SMILES string of the molecule is CC[C@H](N)c1ccc(F)c(C#N)c1. The summed E-state index contributed by atoms with van der Waals surface area (Å²) >= 11 is 0. The van der Waals surface area contributed by atoms with Gasteiger partial charge in [-0.15, -0.1) is 0 Å². The molecule has 1 rings (SSSR count). The average molecular weight is 178 g/mol. The van der Waals surface area contributed by atoms with Gasteiger partial charge in [0.2, 0.25) is 0 Å². The van der Waals surface area contributed by atoms with Crippen LogP contribution in [0.25, 0.3) is 0 Å². The van der Waals surface area contributed by atoms with Crippen LogP contribution in [0.4, 0.5) is 4.39 Å². The summed E-state index contributed by atoms with van der Waals surface area (Å²) in [7, 11) is 0. The maximum atomic E-state index is 12.9. The van der Waals surface area contributed by atoms with E-state index >= 15 is 0 Å². The van der Waals surface area contributed by atoms with Crippen LogP contribution in [0.1, 0.15) is 30.5 Å². The van der Waals surface area contributed by atoms with E-state index in [0.717, 1.165) is 12.0 Å². The molecule has 0 radical (unpaired) electrons. The van der Waals surface area contributed by atoms with Gasteiger partial charge in [-0.1, -0.05) is 13.0 Å². The summed E-state index contributed by atoms with van der Waals surface area (Å²) < 4.78 is 12.9. The van der Waals surface area contributed by atoms with Gasteiger partial charge in [-0.2, -0.15) is 5.26 Å². The van der Waals surface area contributed by atoms with Gasteiger partial charge in [0.25, 0.3) is 0 Å². The fourth-order valence-electron chi connectivity index (χ4n) is 1.09. The molecule has 68 valence electrons. The van der Waals surface area contributed by atoms with E-state index in [0.29, 0.717) is 0 Å². The van der Waals surface area contributed by atoms with Gasteiger partial charge < -0.3 is 5.73 Å². The zero-order valence-electron chi connectivity index (χ0n) is 7.42. The Morgan fingerprint density at radius 3 is 2.85 bits per heavy atom. The normalized spacial score (nSPS) is 12.2. The summed E-state index contributed by atoms with van der Waals surface area (Å²) in [5.41, 5.74) is 6.60. The lowest BCUT2D eigenvalue weighted by atomic mass is 10.0. The van der Waals surface area contributed by atoms with E-state index in [9.17, 15) is 4.39 Å². The van der Waals surface area contributed by atoms with E-state index < -0.39 is 5.82 Å². The van der Waals surface area contributed by atoms with E-state index in [1.54, 1.807) is 12.1 Å². The van der Waals surface area contributed by atoms with Gasteiger partial charge in [0.15, 0.2) is 0 Å². The third kappa shape index (κ3) is 2.04. The predicted molar refractivity (Wildman–Crippen MR) is 48.3 cm³/mol. The van der Waals surface area contributed by atoms with Crippen LogP contribution in [-0.4, -0.2) is 0 Å². The van der Waals surface area contributed by atoms with Crippen LogP contribution in [0.5, 0.6) is 0 Å². The van der Waals surface area contributed by atoms with Crippen molar-refractivity contribution < 1.29 is 4.39 Å². The molecular weight excluding hydrogens is 167 g/mol. The molecule has 1 aromatic carbocycles. The van der Waals surface area contributed by atoms with Crippen LogP contribution in [-0.2, 0) is 0 Å². The lowest BCUT2D eigenvalue weighted by Crippen LogP contribution is -2.08. The van der Waals surface area contributed by atoms with Crippen LogP contribution < -0.4 is 5.73 Å². The zero-order valence-corrected chi connectivity index (χ0v) is 7.42. The van der Waals surface area contributed by atoms with Gasteiger partial charge in [-0.25, -0.2) is 4.39 Å². The molecule has 2 nitrogen and oxygen atoms in total. The minimum absolute atomic E-state index is 0.0569. The number of benzene rings is 1. The molecule has 0 spiro atoms. The Bertz CT molecular complexity index is 341. The molecule has 1 aromatic rings. The highest BCUT2D eigenvalue weighted by Gasteiger charge is 2.07. The number of hydrogen-bond donors (Lipinski definition) is 1. The maximum absolute atomic E-state index is 12.9. The summed E-state index contributed by atoms with van der Waals surface area (Å²) in [6.07, 6.45) is 0.774. The van der Waals surface area contributed by atoms with Crippen LogP contribution in [0.3, 0.4) is 0 Å². The summed E-state index contributed by atoms with van der Waals surface area (Å²) in [5.74, 6) is -0.491. The molecule has 0 bridgehead atoms. The average Bonchev–Trinajstić information content (AvgIpc) is 2.17. The van der Waals surface area contributed by atoms with Gasteiger partial charge in [-0.3, -0.25) is 0 Å². The minimum atomic E-state index is -0.491. The van der Waals surface area contributed by atoms with E-state index in [1.165, 1.54) is 12.1 Å². The molecule has 3 heteroatoms. The molecule has 0 aliphatic heterocycles. The predicted octanol–water partition coefficient (Wildman–Crippen LogP) is 2.11. The minimum Gasteiger partial charge on any atom is -0.324 e. The summed E-state index contributed by atoms with van der Waals surface area (Å²) in [6.45, 7) is 1.94. The maximum Gasteiger partial charge on any atom is 0.140 e. The third-order valence-electron chi connectivity index (χ3n) is 1.98. The third-order valence-corrected chi connectivity index (χ3v) is 1.98. The van der Waals surface area contributed by atoms with Gasteiger partial charge >= 0.3 is 0 Å². The van der Waals surface area contributed by atoms with Crippen molar-refractivity contribution in [3.8, 4) is 6.07 Å². The lowest BCUT2D eigenvalue weighted by molar-refractivity contribution is 0.619. The molecule has 2 N–H and O–H groups in total. The van der Waals surface area contributed by atoms with E-state index in [4.69, 9.17) is 11.0 Å². The Morgan fingerprint density at radius 1 is 1.62 bits per heavy atom. The molecule has 0 aliphatic carbocycles. The first-order chi connectivity index (χ1) is 6.19. The number of hydrogen-bond acceptors (Lipinski definition) is 2. The van der Waals surface area contributed by atoms with Crippen LogP contribution >= 0.6 is 0 Å². The Labute approximate surface area is 76.8 Å². The molecule has 0 amide bonds. The first-order valence-corrected chi connectivity index (χ1v) is 4.14. The topological polar surface area (TPSA) is 49.8 Å². The second-order valence-corrected chi connectivity index (χ2v) is 2.87. The lowest BCUT2D eigenvalue weighted by Gasteiger charge is -2.08. The molecular formula is C10H11FN2. The molecule has 1 atom stereocenters. The molecule has 0 aliphatic rings. The standard InChI is InChI=1S/C10H11FN2/c1-2-10(13)7-3-4-9(11)8(5-7)6-12/h3-5,10H,2,13H2,1H3/t10-/m0/s1. The van der Waals surface area contributed by atoms with Gasteiger partial charge in [0.1, 0.15) is 11.9 Å². The number of rotatable bonds is 2. The van der Waals surface area contributed by atoms with Crippen molar-refractivity contribution >= 4 is 0 Å². The van der Waals surface area contributed by atoms with Gasteiger partial charge in [0, 0.05) is 6.04 Å². The molecule has 0 fully saturated rings. The first kappa shape index (κ1) is 9.69. The van der Waals surface area contributed by atoms with E-state index in [2.05, 4.69) is 0 Å². The number of halogens is 1. The molecule has 0 saturated carbocycles. The largest absolute Gasteiger partial charge is 0.324 e. The number of nitriles is 1. The van der Waals surface area contributed by atoms with Crippen molar-refractivity contribution in [3.05, 3.63) is 35.1 Å². The fraction of sp³-hybridized carbons (Fsp3) is 0.300. The van der Waals surface area contributed by atoms with Crippen LogP contribution in [0.15, 0.2) is 18.2 Å².